The average Bonchev–Trinajstić information content (AvgIpc) is 2.44. The van der Waals surface area contributed by atoms with Crippen LogP contribution in [0.2, 0.25) is 5.02 Å². The Morgan fingerprint density at radius 3 is 2.65 bits per heavy atom. The molecule has 2 rings (SSSR count). The Labute approximate surface area is 122 Å². The van der Waals surface area contributed by atoms with E-state index in [0.717, 1.165) is 5.75 Å². The minimum atomic E-state index is -0.613. The third kappa shape index (κ3) is 4.51. The molecule has 1 unspecified atom stereocenters. The van der Waals surface area contributed by atoms with Crippen LogP contribution in [0, 0.1) is 5.82 Å². The smallest absolute Gasteiger partial charge is 0.123 e. The van der Waals surface area contributed by atoms with E-state index >= 15 is 0 Å². The number of hydrogen-bond acceptors (Lipinski definition) is 2. The van der Waals surface area contributed by atoms with E-state index in [9.17, 15) is 9.50 Å². The van der Waals surface area contributed by atoms with Crippen molar-refractivity contribution in [2.24, 2.45) is 0 Å². The van der Waals surface area contributed by atoms with Crippen molar-refractivity contribution in [1.82, 2.24) is 0 Å². The molecule has 0 spiro atoms. The summed E-state index contributed by atoms with van der Waals surface area (Å²) < 4.78 is 18.6. The zero-order chi connectivity index (χ0) is 14.4. The Bertz CT molecular complexity index is 545. The van der Waals surface area contributed by atoms with E-state index in [2.05, 4.69) is 0 Å². The maximum Gasteiger partial charge on any atom is 0.123 e. The molecular formula is C16H16ClFO2. The highest BCUT2D eigenvalue weighted by Crippen LogP contribution is 2.19. The highest BCUT2D eigenvalue weighted by atomic mass is 35.5. The van der Waals surface area contributed by atoms with Gasteiger partial charge in [0.15, 0.2) is 0 Å². The largest absolute Gasteiger partial charge is 0.493 e. The van der Waals surface area contributed by atoms with E-state index in [1.54, 1.807) is 0 Å². The van der Waals surface area contributed by atoms with Crippen LogP contribution in [-0.2, 0) is 6.42 Å². The summed E-state index contributed by atoms with van der Waals surface area (Å²) in [5, 5.41) is 10.4. The summed E-state index contributed by atoms with van der Waals surface area (Å²) in [5.41, 5.74) is 0.610. The molecule has 0 aliphatic heterocycles. The number of halogens is 2. The van der Waals surface area contributed by atoms with Crippen LogP contribution in [0.15, 0.2) is 48.5 Å². The van der Waals surface area contributed by atoms with Crippen LogP contribution in [0.4, 0.5) is 4.39 Å². The van der Waals surface area contributed by atoms with Crippen LogP contribution in [0.5, 0.6) is 5.75 Å². The Hall–Kier alpha value is -1.58. The molecule has 0 saturated heterocycles. The van der Waals surface area contributed by atoms with Gasteiger partial charge in [-0.2, -0.15) is 0 Å². The molecule has 0 radical (unpaired) electrons. The fourth-order valence-corrected chi connectivity index (χ4v) is 2.08. The molecule has 0 aliphatic rings. The number of ether oxygens (including phenoxy) is 1. The second-order valence-electron chi connectivity index (χ2n) is 4.54. The van der Waals surface area contributed by atoms with Crippen LogP contribution in [0.25, 0.3) is 0 Å². The predicted octanol–water partition coefficient (Wildman–Crippen LogP) is 3.85. The van der Waals surface area contributed by atoms with Gasteiger partial charge in [0.25, 0.3) is 0 Å². The van der Waals surface area contributed by atoms with E-state index < -0.39 is 6.10 Å². The second-order valence-corrected chi connectivity index (χ2v) is 4.95. The standard InChI is InChI=1S/C16H16ClFO2/c17-16-7-6-13(18)10-12(16)11-14(19)8-9-20-15-4-2-1-3-5-15/h1-7,10,14,19H,8-9,11H2. The molecule has 0 aromatic heterocycles. The lowest BCUT2D eigenvalue weighted by Crippen LogP contribution is -2.15. The predicted molar refractivity (Wildman–Crippen MR) is 77.7 cm³/mol. The minimum absolute atomic E-state index is 0.314. The summed E-state index contributed by atoms with van der Waals surface area (Å²) in [6.45, 7) is 0.401. The first kappa shape index (κ1) is 14.8. The molecule has 0 amide bonds. The molecule has 0 saturated carbocycles. The highest BCUT2D eigenvalue weighted by Gasteiger charge is 2.10. The topological polar surface area (TPSA) is 29.5 Å². The zero-order valence-corrected chi connectivity index (χ0v) is 11.7. The van der Waals surface area contributed by atoms with E-state index in [-0.39, 0.29) is 5.82 Å². The molecule has 4 heteroatoms. The lowest BCUT2D eigenvalue weighted by atomic mass is 10.1. The minimum Gasteiger partial charge on any atom is -0.493 e. The van der Waals surface area contributed by atoms with Gasteiger partial charge in [-0.05, 0) is 35.9 Å². The van der Waals surface area contributed by atoms with Crippen molar-refractivity contribution in [3.8, 4) is 5.75 Å². The van der Waals surface area contributed by atoms with Gasteiger partial charge in [0.2, 0.25) is 0 Å². The Morgan fingerprint density at radius 1 is 1.15 bits per heavy atom. The van der Waals surface area contributed by atoms with Crippen LogP contribution in [0.3, 0.4) is 0 Å². The Balaban J connectivity index is 1.80. The molecule has 1 N–H and O–H groups in total. The van der Waals surface area contributed by atoms with Gasteiger partial charge in [-0.25, -0.2) is 4.39 Å². The van der Waals surface area contributed by atoms with Gasteiger partial charge in [0.1, 0.15) is 11.6 Å². The summed E-state index contributed by atoms with van der Waals surface area (Å²) in [4.78, 5) is 0. The average molecular weight is 295 g/mol. The number of para-hydroxylation sites is 1. The Kier molecular flexibility index (Phi) is 5.39. The van der Waals surface area contributed by atoms with Gasteiger partial charge in [0.05, 0.1) is 12.7 Å². The number of aliphatic hydroxyl groups excluding tert-OH is 1. The normalized spacial score (nSPS) is 12.2. The highest BCUT2D eigenvalue weighted by molar-refractivity contribution is 6.31. The van der Waals surface area contributed by atoms with Gasteiger partial charge in [-0.3, -0.25) is 0 Å². The van der Waals surface area contributed by atoms with Gasteiger partial charge in [-0.1, -0.05) is 29.8 Å². The van der Waals surface area contributed by atoms with Gasteiger partial charge in [-0.15, -0.1) is 0 Å². The molecule has 1 atom stereocenters. The van der Waals surface area contributed by atoms with Crippen LogP contribution in [-0.4, -0.2) is 17.8 Å². The summed E-state index contributed by atoms with van der Waals surface area (Å²) in [6, 6.07) is 13.6. The third-order valence-corrected chi connectivity index (χ3v) is 3.30. The van der Waals surface area contributed by atoms with E-state index in [1.807, 2.05) is 30.3 Å². The lowest BCUT2D eigenvalue weighted by Gasteiger charge is -2.12. The molecule has 2 aromatic carbocycles. The van der Waals surface area contributed by atoms with Crippen LogP contribution < -0.4 is 4.74 Å². The summed E-state index contributed by atoms with van der Waals surface area (Å²) in [5.74, 6) is 0.417. The van der Waals surface area contributed by atoms with Gasteiger partial charge < -0.3 is 9.84 Å². The maximum atomic E-state index is 13.1. The summed E-state index contributed by atoms with van der Waals surface area (Å²) >= 11 is 5.96. The SMILES string of the molecule is OC(CCOc1ccccc1)Cc1cc(F)ccc1Cl. The van der Waals surface area contributed by atoms with Crippen molar-refractivity contribution in [2.45, 2.75) is 18.9 Å². The van der Waals surface area contributed by atoms with E-state index in [1.165, 1.54) is 18.2 Å². The maximum absolute atomic E-state index is 13.1. The van der Waals surface area contributed by atoms with Crippen molar-refractivity contribution < 1.29 is 14.2 Å². The van der Waals surface area contributed by atoms with E-state index in [4.69, 9.17) is 16.3 Å². The molecule has 0 fully saturated rings. The summed E-state index contributed by atoms with van der Waals surface area (Å²) in [6.07, 6.45) is 0.161. The number of rotatable bonds is 6. The van der Waals surface area contributed by atoms with Crippen molar-refractivity contribution in [3.63, 3.8) is 0 Å². The Morgan fingerprint density at radius 2 is 1.90 bits per heavy atom. The fourth-order valence-electron chi connectivity index (χ4n) is 1.89. The first-order chi connectivity index (χ1) is 9.65. The van der Waals surface area contributed by atoms with Gasteiger partial charge >= 0.3 is 0 Å². The van der Waals surface area contributed by atoms with Crippen molar-refractivity contribution in [1.29, 1.82) is 0 Å². The quantitative estimate of drug-likeness (QED) is 0.877. The van der Waals surface area contributed by atoms with Crippen LogP contribution >= 0.6 is 11.6 Å². The molecule has 0 bridgehead atoms. The zero-order valence-electron chi connectivity index (χ0n) is 10.9. The van der Waals surface area contributed by atoms with Crippen LogP contribution in [0.1, 0.15) is 12.0 Å². The third-order valence-electron chi connectivity index (χ3n) is 2.93. The van der Waals surface area contributed by atoms with Crippen molar-refractivity contribution in [3.05, 3.63) is 64.9 Å². The van der Waals surface area contributed by atoms with Gasteiger partial charge in [0, 0.05) is 17.9 Å². The molecule has 106 valence electrons. The molecule has 0 aliphatic carbocycles. The number of benzene rings is 2. The first-order valence-electron chi connectivity index (χ1n) is 6.45. The molecule has 2 aromatic rings. The molecule has 20 heavy (non-hydrogen) atoms. The molecule has 2 nitrogen and oxygen atoms in total. The monoisotopic (exact) mass is 294 g/mol. The summed E-state index contributed by atoms with van der Waals surface area (Å²) in [7, 11) is 0. The number of aliphatic hydroxyl groups is 1. The van der Waals surface area contributed by atoms with Crippen molar-refractivity contribution in [2.75, 3.05) is 6.61 Å². The fraction of sp³-hybridized carbons (Fsp3) is 0.250. The number of hydrogen-bond donors (Lipinski definition) is 1. The first-order valence-corrected chi connectivity index (χ1v) is 6.83. The molecular weight excluding hydrogens is 279 g/mol. The van der Waals surface area contributed by atoms with E-state index in [0.29, 0.717) is 30.0 Å². The molecule has 0 heterocycles. The van der Waals surface area contributed by atoms with Crippen molar-refractivity contribution >= 4 is 11.6 Å². The lowest BCUT2D eigenvalue weighted by molar-refractivity contribution is 0.139. The second kappa shape index (κ2) is 7.27.